The fourth-order valence-corrected chi connectivity index (χ4v) is 2.27. The van der Waals surface area contributed by atoms with Gasteiger partial charge in [-0.3, -0.25) is 0 Å². The number of hydrogen-bond donors (Lipinski definition) is 2. The van der Waals surface area contributed by atoms with Crippen LogP contribution in [0.25, 0.3) is 0 Å². The zero-order valence-corrected chi connectivity index (χ0v) is 8.92. The number of aliphatic hydroxyl groups is 2. The Labute approximate surface area is 84.1 Å². The summed E-state index contributed by atoms with van der Waals surface area (Å²) in [4.78, 5) is 0. The Balaban J connectivity index is 1.90. The molecule has 0 aromatic carbocycles. The summed E-state index contributed by atoms with van der Waals surface area (Å²) in [5.74, 6) is 0. The van der Waals surface area contributed by atoms with Crippen LogP contribution >= 0.6 is 8.58 Å². The lowest BCUT2D eigenvalue weighted by molar-refractivity contribution is -0.0691. The summed E-state index contributed by atoms with van der Waals surface area (Å²) < 4.78 is 16.1. The Morgan fingerprint density at radius 3 is 2.50 bits per heavy atom. The van der Waals surface area contributed by atoms with E-state index in [1.807, 2.05) is 6.66 Å². The maximum absolute atomic E-state index is 9.57. The second kappa shape index (κ2) is 4.39. The standard InChI is InChI=1S/C8H15O5P/c1-14-8-12-3-5(13-8)7-6(10)4(9)2-11-7/h4-10,14H,2-3H2,1H3/t4-,5?,6?,7?,8?/m1/s1. The highest BCUT2D eigenvalue weighted by Gasteiger charge is 2.43. The normalized spacial score (nSPS) is 49.5. The minimum Gasteiger partial charge on any atom is -0.388 e. The fourth-order valence-electron chi connectivity index (χ4n) is 1.70. The van der Waals surface area contributed by atoms with E-state index in [0.717, 1.165) is 0 Å². The van der Waals surface area contributed by atoms with Crippen molar-refractivity contribution in [3.8, 4) is 0 Å². The van der Waals surface area contributed by atoms with Crippen LogP contribution in [0.3, 0.4) is 0 Å². The summed E-state index contributed by atoms with van der Waals surface area (Å²) in [6, 6.07) is -0.173. The first-order valence-corrected chi connectivity index (χ1v) is 6.22. The topological polar surface area (TPSA) is 68.2 Å². The zero-order chi connectivity index (χ0) is 10.1. The molecule has 6 atom stereocenters. The van der Waals surface area contributed by atoms with Gasteiger partial charge in [-0.2, -0.15) is 0 Å². The van der Waals surface area contributed by atoms with Crippen LogP contribution in [0.1, 0.15) is 0 Å². The SMILES string of the molecule is CPC1OCC(C2OC[C@@H](O)C2O)O1. The third-order valence-corrected chi connectivity index (χ3v) is 3.28. The third kappa shape index (κ3) is 1.94. The van der Waals surface area contributed by atoms with Gasteiger partial charge in [0.05, 0.1) is 13.2 Å². The molecule has 0 spiro atoms. The van der Waals surface area contributed by atoms with Crippen molar-refractivity contribution >= 4 is 8.58 Å². The molecule has 82 valence electrons. The molecule has 0 amide bonds. The summed E-state index contributed by atoms with van der Waals surface area (Å²) in [5, 5.41) is 18.9. The van der Waals surface area contributed by atoms with E-state index in [2.05, 4.69) is 0 Å². The Morgan fingerprint density at radius 2 is 2.00 bits per heavy atom. The molecule has 2 aliphatic heterocycles. The van der Waals surface area contributed by atoms with Crippen molar-refractivity contribution in [3.63, 3.8) is 0 Å². The van der Waals surface area contributed by atoms with Crippen molar-refractivity contribution in [2.24, 2.45) is 0 Å². The van der Waals surface area contributed by atoms with Crippen molar-refractivity contribution in [2.75, 3.05) is 19.9 Å². The fraction of sp³-hybridized carbons (Fsp3) is 1.00. The first kappa shape index (κ1) is 10.7. The van der Waals surface area contributed by atoms with Crippen LogP contribution in [-0.2, 0) is 14.2 Å². The Kier molecular flexibility index (Phi) is 3.37. The summed E-state index contributed by atoms with van der Waals surface area (Å²) in [7, 11) is 0.555. The lowest BCUT2D eigenvalue weighted by Gasteiger charge is -2.20. The lowest BCUT2D eigenvalue weighted by atomic mass is 10.1. The van der Waals surface area contributed by atoms with Crippen molar-refractivity contribution in [1.29, 1.82) is 0 Å². The van der Waals surface area contributed by atoms with E-state index >= 15 is 0 Å². The number of ether oxygens (including phenoxy) is 3. The number of rotatable bonds is 2. The molecule has 6 heteroatoms. The van der Waals surface area contributed by atoms with Crippen LogP contribution in [-0.4, -0.2) is 60.5 Å². The van der Waals surface area contributed by atoms with Crippen molar-refractivity contribution < 1.29 is 24.4 Å². The van der Waals surface area contributed by atoms with Gasteiger partial charge in [0.2, 0.25) is 0 Å². The van der Waals surface area contributed by atoms with Gasteiger partial charge in [-0.15, -0.1) is 0 Å². The molecule has 2 rings (SSSR count). The largest absolute Gasteiger partial charge is 0.388 e. The average Bonchev–Trinajstić information content (AvgIpc) is 2.75. The van der Waals surface area contributed by atoms with Gasteiger partial charge >= 0.3 is 0 Å². The molecule has 0 aromatic rings. The van der Waals surface area contributed by atoms with E-state index in [1.54, 1.807) is 0 Å². The molecule has 2 saturated heterocycles. The Morgan fingerprint density at radius 1 is 1.21 bits per heavy atom. The highest BCUT2D eigenvalue weighted by Crippen LogP contribution is 2.30. The molecule has 2 fully saturated rings. The van der Waals surface area contributed by atoms with Crippen LogP contribution in [0.2, 0.25) is 0 Å². The first-order valence-electron chi connectivity index (χ1n) is 4.64. The van der Waals surface area contributed by atoms with Crippen LogP contribution < -0.4 is 0 Å². The van der Waals surface area contributed by atoms with Gasteiger partial charge in [-0.1, -0.05) is 8.58 Å². The number of hydrogen-bond acceptors (Lipinski definition) is 5. The van der Waals surface area contributed by atoms with E-state index in [4.69, 9.17) is 14.2 Å². The highest BCUT2D eigenvalue weighted by molar-refractivity contribution is 7.37. The molecule has 5 nitrogen and oxygen atoms in total. The zero-order valence-electron chi connectivity index (χ0n) is 7.92. The first-order chi connectivity index (χ1) is 6.72. The van der Waals surface area contributed by atoms with Gasteiger partial charge in [-0.25, -0.2) is 0 Å². The quantitative estimate of drug-likeness (QED) is 0.593. The third-order valence-electron chi connectivity index (χ3n) is 2.50. The van der Waals surface area contributed by atoms with Crippen LogP contribution in [0, 0.1) is 0 Å². The van der Waals surface area contributed by atoms with Crippen molar-refractivity contribution in [1.82, 2.24) is 0 Å². The molecule has 5 unspecified atom stereocenters. The van der Waals surface area contributed by atoms with Gasteiger partial charge in [0.15, 0.2) is 6.03 Å². The molecular formula is C8H15O5P. The molecule has 0 saturated carbocycles. The smallest absolute Gasteiger partial charge is 0.173 e. The van der Waals surface area contributed by atoms with Crippen LogP contribution in [0.15, 0.2) is 0 Å². The maximum atomic E-state index is 9.57. The van der Waals surface area contributed by atoms with E-state index in [1.165, 1.54) is 0 Å². The summed E-state index contributed by atoms with van der Waals surface area (Å²) in [5.41, 5.74) is 0. The maximum Gasteiger partial charge on any atom is 0.173 e. The highest BCUT2D eigenvalue weighted by atomic mass is 31.1. The van der Waals surface area contributed by atoms with Gasteiger partial charge in [0, 0.05) is 0 Å². The van der Waals surface area contributed by atoms with Crippen LogP contribution in [0.4, 0.5) is 0 Å². The van der Waals surface area contributed by atoms with E-state index in [-0.39, 0.29) is 18.7 Å². The van der Waals surface area contributed by atoms with E-state index in [9.17, 15) is 10.2 Å². The Bertz CT molecular complexity index is 202. The second-order valence-corrected chi connectivity index (χ2v) is 4.53. The molecule has 2 N–H and O–H groups in total. The van der Waals surface area contributed by atoms with E-state index in [0.29, 0.717) is 15.2 Å². The predicted octanol–water partition coefficient (Wildman–Crippen LogP) is -0.886. The minimum atomic E-state index is -0.859. The van der Waals surface area contributed by atoms with Crippen molar-refractivity contribution in [2.45, 2.75) is 30.4 Å². The second-order valence-electron chi connectivity index (χ2n) is 3.48. The monoisotopic (exact) mass is 222 g/mol. The van der Waals surface area contributed by atoms with Gasteiger partial charge in [0.25, 0.3) is 0 Å². The summed E-state index contributed by atoms with van der Waals surface area (Å²) in [6.07, 6.45) is -2.36. The van der Waals surface area contributed by atoms with Gasteiger partial charge in [-0.05, 0) is 6.66 Å². The van der Waals surface area contributed by atoms with Crippen LogP contribution in [0.5, 0.6) is 0 Å². The summed E-state index contributed by atoms with van der Waals surface area (Å²) >= 11 is 0. The molecule has 2 aliphatic rings. The minimum absolute atomic E-state index is 0.171. The Hall–Kier alpha value is 0.230. The summed E-state index contributed by atoms with van der Waals surface area (Å²) in [6.45, 7) is 2.60. The van der Waals surface area contributed by atoms with Gasteiger partial charge in [0.1, 0.15) is 24.4 Å². The predicted molar refractivity (Wildman–Crippen MR) is 50.6 cm³/mol. The van der Waals surface area contributed by atoms with Gasteiger partial charge < -0.3 is 24.4 Å². The molecule has 0 bridgehead atoms. The number of aliphatic hydroxyl groups excluding tert-OH is 2. The molecule has 0 radical (unpaired) electrons. The molecule has 0 aliphatic carbocycles. The molecule has 14 heavy (non-hydrogen) atoms. The lowest BCUT2D eigenvalue weighted by Crippen LogP contribution is -2.39. The molecule has 2 heterocycles. The van der Waals surface area contributed by atoms with E-state index < -0.39 is 18.3 Å². The average molecular weight is 222 g/mol. The van der Waals surface area contributed by atoms with Crippen molar-refractivity contribution in [3.05, 3.63) is 0 Å². The molecular weight excluding hydrogens is 207 g/mol. The molecule has 0 aromatic heterocycles.